The van der Waals surface area contributed by atoms with E-state index in [1.807, 2.05) is 12.1 Å². The highest BCUT2D eigenvalue weighted by atomic mass is 16.3. The number of rotatable bonds is 5. The lowest BCUT2D eigenvalue weighted by molar-refractivity contribution is 0.670. The average Bonchev–Trinajstić information content (AvgIpc) is 3.92. The van der Waals surface area contributed by atoms with Crippen LogP contribution in [0.25, 0.3) is 66.4 Å². The first-order valence-corrected chi connectivity index (χ1v) is 20.1. The van der Waals surface area contributed by atoms with E-state index in [9.17, 15) is 0 Å². The highest BCUT2D eigenvalue weighted by Crippen LogP contribution is 2.63. The van der Waals surface area contributed by atoms with E-state index in [2.05, 4.69) is 206 Å². The van der Waals surface area contributed by atoms with Crippen LogP contribution >= 0.6 is 0 Å². The van der Waals surface area contributed by atoms with Crippen molar-refractivity contribution < 1.29 is 4.42 Å². The van der Waals surface area contributed by atoms with Crippen molar-refractivity contribution in [3.05, 3.63) is 234 Å². The highest BCUT2D eigenvalue weighted by molar-refractivity contribution is 6.09. The van der Waals surface area contributed by atoms with Crippen molar-refractivity contribution in [1.82, 2.24) is 0 Å². The molecule has 0 radical (unpaired) electrons. The summed E-state index contributed by atoms with van der Waals surface area (Å²) >= 11 is 0. The summed E-state index contributed by atoms with van der Waals surface area (Å²) in [5.41, 5.74) is 21.1. The molecule has 0 unspecified atom stereocenters. The molecule has 0 bridgehead atoms. The van der Waals surface area contributed by atoms with Crippen LogP contribution in [-0.4, -0.2) is 0 Å². The molecule has 0 amide bonds. The van der Waals surface area contributed by atoms with Crippen molar-refractivity contribution in [3.8, 4) is 44.5 Å². The summed E-state index contributed by atoms with van der Waals surface area (Å²) in [6.07, 6.45) is 0. The zero-order valence-electron chi connectivity index (χ0n) is 32.0. The molecule has 1 heterocycles. The van der Waals surface area contributed by atoms with Gasteiger partial charge in [0, 0.05) is 33.4 Å². The molecule has 58 heavy (non-hydrogen) atoms. The average molecular weight is 740 g/mol. The first-order valence-electron chi connectivity index (χ1n) is 20.1. The van der Waals surface area contributed by atoms with Crippen LogP contribution in [0, 0.1) is 6.92 Å². The van der Waals surface area contributed by atoms with Crippen molar-refractivity contribution in [2.75, 3.05) is 4.90 Å². The molecule has 9 aromatic carbocycles. The molecule has 0 aliphatic heterocycles. The summed E-state index contributed by atoms with van der Waals surface area (Å²) < 4.78 is 6.47. The van der Waals surface area contributed by atoms with Crippen LogP contribution in [0.1, 0.15) is 27.8 Å². The number of benzene rings is 9. The molecular weight excluding hydrogens is 703 g/mol. The van der Waals surface area contributed by atoms with E-state index in [1.54, 1.807) is 0 Å². The molecule has 2 heteroatoms. The molecule has 2 aliphatic rings. The van der Waals surface area contributed by atoms with Crippen LogP contribution in [0.4, 0.5) is 17.1 Å². The fourth-order valence-corrected chi connectivity index (χ4v) is 10.1. The van der Waals surface area contributed by atoms with Gasteiger partial charge in [-0.05, 0) is 116 Å². The monoisotopic (exact) mass is 739 g/mol. The number of nitrogens with zero attached hydrogens (tertiary/aromatic N) is 1. The molecule has 10 aromatic rings. The third-order valence-corrected chi connectivity index (χ3v) is 12.6. The Kier molecular flexibility index (Phi) is 7.09. The number of anilines is 3. The Morgan fingerprint density at radius 1 is 0.379 bits per heavy atom. The van der Waals surface area contributed by atoms with Gasteiger partial charge in [-0.25, -0.2) is 0 Å². The third kappa shape index (κ3) is 4.60. The minimum atomic E-state index is -0.428. The van der Waals surface area contributed by atoms with E-state index in [0.717, 1.165) is 50.1 Å². The number of fused-ring (bicyclic) bond motifs is 13. The fraction of sp³-hybridized carbons (Fsp3) is 0.0357. The lowest BCUT2D eigenvalue weighted by Gasteiger charge is -2.32. The SMILES string of the molecule is Cc1cc(-c2ccccc2)ccc1N(c1ccc(-c2cccc3c2oc2ccccc23)cc1)c1ccc2c(c1)C1(c3ccccc3-c3ccccc31)c1ccccc1-2. The standard InChI is InChI=1S/C56H37NO/c1-36-34-39(37-14-3-2-4-15-37)28-33-53(36)57(40-29-26-38(27-30-40)42-20-13-21-48-47-19-8-12-25-54(47)58-55(42)48)41-31-32-46-45-18-7-11-24-51(45)56(52(46)35-41)49-22-9-5-16-43(49)44-17-6-10-23-50(44)56/h2-35H,1H3. The van der Waals surface area contributed by atoms with Gasteiger partial charge in [0.15, 0.2) is 0 Å². The maximum absolute atomic E-state index is 6.47. The lowest BCUT2D eigenvalue weighted by atomic mass is 9.70. The van der Waals surface area contributed by atoms with Gasteiger partial charge in [0.2, 0.25) is 0 Å². The predicted octanol–water partition coefficient (Wildman–Crippen LogP) is 15.0. The molecule has 0 N–H and O–H groups in total. The van der Waals surface area contributed by atoms with Gasteiger partial charge in [0.1, 0.15) is 11.2 Å². The van der Waals surface area contributed by atoms with Crippen LogP contribution in [0.3, 0.4) is 0 Å². The Bertz CT molecular complexity index is 3180. The Labute approximate surface area is 337 Å². The zero-order chi connectivity index (χ0) is 38.4. The van der Waals surface area contributed by atoms with Crippen LogP contribution in [-0.2, 0) is 5.41 Å². The quantitative estimate of drug-likeness (QED) is 0.175. The van der Waals surface area contributed by atoms with Crippen molar-refractivity contribution >= 4 is 39.0 Å². The second-order valence-electron chi connectivity index (χ2n) is 15.6. The summed E-state index contributed by atoms with van der Waals surface area (Å²) in [4.78, 5) is 2.44. The van der Waals surface area contributed by atoms with Crippen LogP contribution in [0.2, 0.25) is 0 Å². The molecule has 2 nitrogen and oxygen atoms in total. The Morgan fingerprint density at radius 3 is 1.62 bits per heavy atom. The molecule has 1 spiro atoms. The molecule has 12 rings (SSSR count). The minimum absolute atomic E-state index is 0.428. The van der Waals surface area contributed by atoms with Crippen molar-refractivity contribution in [3.63, 3.8) is 0 Å². The number of aryl methyl sites for hydroxylation is 1. The molecule has 0 saturated heterocycles. The van der Waals surface area contributed by atoms with Crippen molar-refractivity contribution in [1.29, 1.82) is 0 Å². The van der Waals surface area contributed by atoms with E-state index in [0.29, 0.717) is 0 Å². The van der Waals surface area contributed by atoms with Crippen molar-refractivity contribution in [2.45, 2.75) is 12.3 Å². The second kappa shape index (κ2) is 12.5. The smallest absolute Gasteiger partial charge is 0.143 e. The predicted molar refractivity (Wildman–Crippen MR) is 240 cm³/mol. The van der Waals surface area contributed by atoms with E-state index in [1.165, 1.54) is 61.2 Å². The van der Waals surface area contributed by atoms with Gasteiger partial charge >= 0.3 is 0 Å². The lowest BCUT2D eigenvalue weighted by Crippen LogP contribution is -2.26. The molecule has 272 valence electrons. The fourth-order valence-electron chi connectivity index (χ4n) is 10.1. The first kappa shape index (κ1) is 32.8. The summed E-state index contributed by atoms with van der Waals surface area (Å²) in [6.45, 7) is 2.24. The van der Waals surface area contributed by atoms with E-state index in [-0.39, 0.29) is 0 Å². The highest BCUT2D eigenvalue weighted by Gasteiger charge is 2.51. The second-order valence-corrected chi connectivity index (χ2v) is 15.6. The largest absolute Gasteiger partial charge is 0.455 e. The van der Waals surface area contributed by atoms with Gasteiger partial charge in [-0.2, -0.15) is 0 Å². The maximum Gasteiger partial charge on any atom is 0.143 e. The summed E-state index contributed by atoms with van der Waals surface area (Å²) in [6, 6.07) is 75.5. The number of hydrogen-bond acceptors (Lipinski definition) is 2. The summed E-state index contributed by atoms with van der Waals surface area (Å²) in [7, 11) is 0. The minimum Gasteiger partial charge on any atom is -0.455 e. The van der Waals surface area contributed by atoms with Gasteiger partial charge in [0.25, 0.3) is 0 Å². The first-order chi connectivity index (χ1) is 28.7. The van der Waals surface area contributed by atoms with E-state index in [4.69, 9.17) is 4.42 Å². The molecule has 0 saturated carbocycles. The normalized spacial score (nSPS) is 13.1. The molecule has 0 atom stereocenters. The molecule has 0 fully saturated rings. The van der Waals surface area contributed by atoms with E-state index >= 15 is 0 Å². The van der Waals surface area contributed by atoms with Crippen LogP contribution < -0.4 is 4.90 Å². The van der Waals surface area contributed by atoms with Crippen molar-refractivity contribution in [2.24, 2.45) is 0 Å². The zero-order valence-corrected chi connectivity index (χ0v) is 32.0. The molecule has 1 aromatic heterocycles. The van der Waals surface area contributed by atoms with E-state index < -0.39 is 5.41 Å². The number of para-hydroxylation sites is 2. The number of hydrogen-bond donors (Lipinski definition) is 0. The summed E-state index contributed by atoms with van der Waals surface area (Å²) in [5.74, 6) is 0. The summed E-state index contributed by atoms with van der Waals surface area (Å²) in [5, 5.41) is 2.27. The van der Waals surface area contributed by atoms with Gasteiger partial charge in [0.05, 0.1) is 5.41 Å². The Hall–Kier alpha value is -7.42. The third-order valence-electron chi connectivity index (χ3n) is 12.6. The Morgan fingerprint density at radius 2 is 0.931 bits per heavy atom. The van der Waals surface area contributed by atoms with Crippen LogP contribution in [0.15, 0.2) is 211 Å². The Balaban J connectivity index is 1.06. The van der Waals surface area contributed by atoms with Gasteiger partial charge in [-0.1, -0.05) is 164 Å². The van der Waals surface area contributed by atoms with Crippen LogP contribution in [0.5, 0.6) is 0 Å². The number of furan rings is 1. The molecule has 2 aliphatic carbocycles. The topological polar surface area (TPSA) is 16.4 Å². The maximum atomic E-state index is 6.47. The molecular formula is C56H37NO. The van der Waals surface area contributed by atoms with Gasteiger partial charge in [-0.15, -0.1) is 0 Å². The van der Waals surface area contributed by atoms with Gasteiger partial charge in [-0.3, -0.25) is 0 Å². The van der Waals surface area contributed by atoms with Gasteiger partial charge < -0.3 is 9.32 Å².